The molecule has 2 heterocycles. The second-order valence-corrected chi connectivity index (χ2v) is 7.42. The number of halogens is 1. The zero-order valence-electron chi connectivity index (χ0n) is 11.3. The van der Waals surface area contributed by atoms with Crippen molar-refractivity contribution in [2.75, 3.05) is 0 Å². The number of hydrogen-bond donors (Lipinski definition) is 2. The van der Waals surface area contributed by atoms with Crippen LogP contribution in [0.15, 0.2) is 30.3 Å². The molecule has 2 unspecified atom stereocenters. The molecule has 0 aromatic heterocycles. The van der Waals surface area contributed by atoms with E-state index >= 15 is 0 Å². The molecule has 2 atom stereocenters. The third-order valence-corrected chi connectivity index (χ3v) is 5.42. The molecule has 2 aliphatic heterocycles. The van der Waals surface area contributed by atoms with Crippen LogP contribution in [0.5, 0.6) is 0 Å². The van der Waals surface area contributed by atoms with E-state index in [0.29, 0.717) is 12.1 Å². The number of rotatable bonds is 4. The highest BCUT2D eigenvalue weighted by Gasteiger charge is 2.34. The Bertz CT molecular complexity index is 523. The summed E-state index contributed by atoms with van der Waals surface area (Å²) < 4.78 is 27.2. The zero-order chi connectivity index (χ0) is 13.3. The molecule has 2 N–H and O–H groups in total. The molecule has 3 rings (SSSR count). The van der Waals surface area contributed by atoms with Crippen LogP contribution < -0.4 is 10.0 Å². The predicted molar refractivity (Wildman–Crippen MR) is 82.4 cm³/mol. The van der Waals surface area contributed by atoms with Crippen LogP contribution in [0.4, 0.5) is 0 Å². The van der Waals surface area contributed by atoms with Gasteiger partial charge in [-0.05, 0) is 31.2 Å². The van der Waals surface area contributed by atoms with E-state index in [1.807, 2.05) is 30.3 Å². The Morgan fingerprint density at radius 3 is 2.30 bits per heavy atom. The molecule has 2 bridgehead atoms. The monoisotopic (exact) mass is 316 g/mol. The maximum atomic E-state index is 12.2. The Balaban J connectivity index is 0.00000147. The molecule has 2 fully saturated rings. The van der Waals surface area contributed by atoms with Crippen molar-refractivity contribution in [3.63, 3.8) is 0 Å². The first-order chi connectivity index (χ1) is 9.11. The topological polar surface area (TPSA) is 58.2 Å². The highest BCUT2D eigenvalue weighted by molar-refractivity contribution is 7.88. The van der Waals surface area contributed by atoms with Gasteiger partial charge in [0.2, 0.25) is 10.0 Å². The molecule has 6 heteroatoms. The minimum absolute atomic E-state index is 0. The van der Waals surface area contributed by atoms with Crippen molar-refractivity contribution >= 4 is 22.4 Å². The number of piperidine rings is 1. The number of hydrogen-bond acceptors (Lipinski definition) is 3. The first-order valence-corrected chi connectivity index (χ1v) is 8.56. The van der Waals surface area contributed by atoms with Gasteiger partial charge in [0.1, 0.15) is 0 Å². The summed E-state index contributed by atoms with van der Waals surface area (Å²) in [5, 5.41) is 3.52. The normalized spacial score (nSPS) is 28.9. The van der Waals surface area contributed by atoms with Gasteiger partial charge in [0.15, 0.2) is 0 Å². The van der Waals surface area contributed by atoms with E-state index in [9.17, 15) is 8.42 Å². The van der Waals surface area contributed by atoms with Gasteiger partial charge in [-0.1, -0.05) is 30.3 Å². The number of nitrogens with one attached hydrogen (secondary N) is 2. The molecule has 1 aromatic rings. The molecule has 112 valence electrons. The van der Waals surface area contributed by atoms with Crippen LogP contribution in [0.2, 0.25) is 0 Å². The first kappa shape index (κ1) is 15.8. The fraction of sp³-hybridized carbons (Fsp3) is 0.571. The average Bonchev–Trinajstić information content (AvgIpc) is 2.69. The lowest BCUT2D eigenvalue weighted by atomic mass is 10.0. The molecule has 0 spiro atoms. The van der Waals surface area contributed by atoms with E-state index in [2.05, 4.69) is 10.0 Å². The minimum atomic E-state index is -3.23. The van der Waals surface area contributed by atoms with Crippen LogP contribution >= 0.6 is 12.4 Å². The number of benzene rings is 1. The fourth-order valence-electron chi connectivity index (χ4n) is 3.24. The molecule has 0 aliphatic carbocycles. The van der Waals surface area contributed by atoms with E-state index in [1.54, 1.807) is 0 Å². The lowest BCUT2D eigenvalue weighted by Gasteiger charge is -2.29. The van der Waals surface area contributed by atoms with Gasteiger partial charge < -0.3 is 5.32 Å². The second-order valence-electron chi connectivity index (χ2n) is 5.67. The fourth-order valence-corrected chi connectivity index (χ4v) is 4.66. The summed E-state index contributed by atoms with van der Waals surface area (Å²) in [4.78, 5) is 0. The van der Waals surface area contributed by atoms with Crippen molar-refractivity contribution in [3.05, 3.63) is 35.9 Å². The maximum absolute atomic E-state index is 12.2. The van der Waals surface area contributed by atoms with Crippen molar-refractivity contribution < 1.29 is 8.42 Å². The van der Waals surface area contributed by atoms with Gasteiger partial charge in [-0.2, -0.15) is 0 Å². The predicted octanol–water partition coefficient (Wildman–Crippen LogP) is 1.81. The Hall–Kier alpha value is -0.620. The van der Waals surface area contributed by atoms with Crippen molar-refractivity contribution in [3.8, 4) is 0 Å². The van der Waals surface area contributed by atoms with Crippen molar-refractivity contribution in [2.24, 2.45) is 0 Å². The van der Waals surface area contributed by atoms with E-state index in [-0.39, 0.29) is 24.2 Å². The maximum Gasteiger partial charge on any atom is 0.216 e. The van der Waals surface area contributed by atoms with Crippen LogP contribution in [0.25, 0.3) is 0 Å². The van der Waals surface area contributed by atoms with Gasteiger partial charge in [-0.25, -0.2) is 13.1 Å². The van der Waals surface area contributed by atoms with Crippen molar-refractivity contribution in [1.29, 1.82) is 0 Å². The van der Waals surface area contributed by atoms with Crippen molar-refractivity contribution in [2.45, 2.75) is 49.6 Å². The lowest BCUT2D eigenvalue weighted by Crippen LogP contribution is -2.48. The van der Waals surface area contributed by atoms with E-state index in [4.69, 9.17) is 0 Å². The van der Waals surface area contributed by atoms with Gasteiger partial charge in [-0.3, -0.25) is 0 Å². The van der Waals surface area contributed by atoms with Crippen LogP contribution in [0.3, 0.4) is 0 Å². The summed E-state index contributed by atoms with van der Waals surface area (Å²) in [6.07, 6.45) is 4.21. The second kappa shape index (κ2) is 6.43. The molecular formula is C14H21ClN2O2S. The Kier molecular flexibility index (Phi) is 5.07. The van der Waals surface area contributed by atoms with Crippen molar-refractivity contribution in [1.82, 2.24) is 10.0 Å². The summed E-state index contributed by atoms with van der Waals surface area (Å²) in [7, 11) is -3.23. The summed E-state index contributed by atoms with van der Waals surface area (Å²) in [5.41, 5.74) is 0.840. The summed E-state index contributed by atoms with van der Waals surface area (Å²) in [6.45, 7) is 0. The van der Waals surface area contributed by atoms with Crippen LogP contribution in [0, 0.1) is 0 Å². The molecular weight excluding hydrogens is 296 g/mol. The molecule has 0 saturated carbocycles. The number of fused-ring (bicyclic) bond motifs is 2. The smallest absolute Gasteiger partial charge is 0.216 e. The summed E-state index contributed by atoms with van der Waals surface area (Å²) >= 11 is 0. The van der Waals surface area contributed by atoms with Gasteiger partial charge in [0, 0.05) is 18.1 Å². The Labute approximate surface area is 126 Å². The molecule has 0 radical (unpaired) electrons. The largest absolute Gasteiger partial charge is 0.311 e. The highest BCUT2D eigenvalue weighted by Crippen LogP contribution is 2.27. The van der Waals surface area contributed by atoms with Gasteiger partial charge >= 0.3 is 0 Å². The molecule has 1 aromatic carbocycles. The average molecular weight is 317 g/mol. The lowest BCUT2D eigenvalue weighted by molar-refractivity contribution is 0.345. The highest BCUT2D eigenvalue weighted by atomic mass is 35.5. The summed E-state index contributed by atoms with van der Waals surface area (Å²) in [6, 6.07) is 10.5. The van der Waals surface area contributed by atoms with Gasteiger partial charge in [0.05, 0.1) is 5.75 Å². The standard InChI is InChI=1S/C14H20N2O2S.ClH/c17-19(18,10-11-4-2-1-3-5-11)16-14-8-12-6-7-13(9-14)15-12;/h1-5,12-16H,6-10H2;1H. The molecule has 0 amide bonds. The molecule has 4 nitrogen and oxygen atoms in total. The minimum Gasteiger partial charge on any atom is -0.311 e. The number of sulfonamides is 1. The SMILES string of the molecule is Cl.O=S(=O)(Cc1ccccc1)NC1CC2CCC(C1)N2. The quantitative estimate of drug-likeness (QED) is 0.890. The molecule has 2 aliphatic rings. The molecule has 2 saturated heterocycles. The third kappa shape index (κ3) is 3.95. The zero-order valence-corrected chi connectivity index (χ0v) is 12.9. The van der Waals surface area contributed by atoms with E-state index < -0.39 is 10.0 Å². The van der Waals surface area contributed by atoms with Crippen LogP contribution in [0.1, 0.15) is 31.2 Å². The van der Waals surface area contributed by atoms with Gasteiger partial charge in [-0.15, -0.1) is 12.4 Å². The van der Waals surface area contributed by atoms with E-state index in [0.717, 1.165) is 18.4 Å². The first-order valence-electron chi connectivity index (χ1n) is 6.91. The Morgan fingerprint density at radius 1 is 1.10 bits per heavy atom. The van der Waals surface area contributed by atoms with E-state index in [1.165, 1.54) is 12.8 Å². The van der Waals surface area contributed by atoms with Gasteiger partial charge in [0.25, 0.3) is 0 Å². The van der Waals surface area contributed by atoms with Crippen LogP contribution in [-0.4, -0.2) is 26.5 Å². The third-order valence-electron chi connectivity index (χ3n) is 4.02. The van der Waals surface area contributed by atoms with Crippen LogP contribution in [-0.2, 0) is 15.8 Å². The summed E-state index contributed by atoms with van der Waals surface area (Å²) in [5.74, 6) is 0.0765. The molecule has 20 heavy (non-hydrogen) atoms. The Morgan fingerprint density at radius 2 is 1.70 bits per heavy atom.